The zero-order valence-corrected chi connectivity index (χ0v) is 25.4. The zero-order chi connectivity index (χ0) is 31.8. The summed E-state index contributed by atoms with van der Waals surface area (Å²) in [6, 6.07) is 18.1. The highest BCUT2D eigenvalue weighted by molar-refractivity contribution is 6.00. The van der Waals surface area contributed by atoms with Crippen molar-refractivity contribution in [2.75, 3.05) is 44.5 Å². The van der Waals surface area contributed by atoms with Crippen molar-refractivity contribution < 1.29 is 34.1 Å². The minimum absolute atomic E-state index is 0.0422. The van der Waals surface area contributed by atoms with Crippen LogP contribution in [0.1, 0.15) is 35.3 Å². The van der Waals surface area contributed by atoms with Gasteiger partial charge in [-0.25, -0.2) is 9.59 Å². The lowest BCUT2D eigenvalue weighted by Crippen LogP contribution is -2.47. The van der Waals surface area contributed by atoms with E-state index in [0.717, 1.165) is 5.56 Å². The minimum atomic E-state index is -0.969. The molecule has 0 saturated carbocycles. The van der Waals surface area contributed by atoms with E-state index >= 15 is 0 Å². The fourth-order valence-corrected chi connectivity index (χ4v) is 5.13. The summed E-state index contributed by atoms with van der Waals surface area (Å²) in [6.07, 6.45) is -0.269. The van der Waals surface area contributed by atoms with E-state index in [4.69, 9.17) is 9.47 Å². The molecule has 0 unspecified atom stereocenters. The van der Waals surface area contributed by atoms with Crippen LogP contribution in [0.4, 0.5) is 16.2 Å². The number of ether oxygens (including phenoxy) is 2. The number of carboxylic acids is 1. The number of amides is 3. The van der Waals surface area contributed by atoms with Crippen LogP contribution in [-0.4, -0.2) is 83.9 Å². The average molecular weight is 605 g/mol. The number of hydrogen-bond acceptors (Lipinski definition) is 7. The summed E-state index contributed by atoms with van der Waals surface area (Å²) >= 11 is 0. The number of hydrogen-bond donors (Lipinski definition) is 4. The van der Waals surface area contributed by atoms with Gasteiger partial charge in [0.2, 0.25) is 5.91 Å². The fourth-order valence-electron chi connectivity index (χ4n) is 5.13. The maximum atomic E-state index is 13.5. The molecule has 0 bridgehead atoms. The average Bonchev–Trinajstić information content (AvgIpc) is 3.04. The molecule has 0 radical (unpaired) electrons. The molecule has 3 aromatic carbocycles. The molecule has 4 rings (SSSR count). The molecule has 1 heterocycles. The van der Waals surface area contributed by atoms with E-state index in [2.05, 4.69) is 15.5 Å². The molecule has 0 fully saturated rings. The van der Waals surface area contributed by atoms with Gasteiger partial charge in [-0.05, 0) is 74.1 Å². The third-order valence-corrected chi connectivity index (χ3v) is 7.67. The predicted octanol–water partition coefficient (Wildman–Crippen LogP) is 4.32. The lowest BCUT2D eigenvalue weighted by Gasteiger charge is -2.34. The van der Waals surface area contributed by atoms with Crippen molar-refractivity contribution in [1.29, 1.82) is 0 Å². The maximum Gasteiger partial charge on any atom is 0.335 e. The molecular formula is C33H40N4O7. The molecule has 3 aromatic rings. The summed E-state index contributed by atoms with van der Waals surface area (Å²) in [5.41, 5.74) is 2.91. The first-order valence-electron chi connectivity index (χ1n) is 14.5. The van der Waals surface area contributed by atoms with Gasteiger partial charge in [0.25, 0.3) is 0 Å². The Morgan fingerprint density at radius 3 is 2.36 bits per heavy atom. The highest BCUT2D eigenvalue weighted by atomic mass is 16.5. The van der Waals surface area contributed by atoms with E-state index in [9.17, 15) is 24.6 Å². The highest BCUT2D eigenvalue weighted by Crippen LogP contribution is 2.29. The number of nitrogens with zero attached hydrogens (tertiary/aromatic N) is 2. The molecule has 1 aliphatic heterocycles. The van der Waals surface area contributed by atoms with Gasteiger partial charge < -0.3 is 35.2 Å². The van der Waals surface area contributed by atoms with Crippen molar-refractivity contribution >= 4 is 29.3 Å². The van der Waals surface area contributed by atoms with E-state index in [1.54, 1.807) is 78.7 Å². The van der Waals surface area contributed by atoms with E-state index < -0.39 is 12.0 Å². The van der Waals surface area contributed by atoms with Gasteiger partial charge in [-0.2, -0.15) is 0 Å². The second-order valence-electron chi connectivity index (χ2n) is 11.2. The molecule has 0 saturated heterocycles. The van der Waals surface area contributed by atoms with Gasteiger partial charge in [-0.15, -0.1) is 0 Å². The second-order valence-corrected chi connectivity index (χ2v) is 11.2. The van der Waals surface area contributed by atoms with E-state index in [1.807, 2.05) is 20.9 Å². The molecular weight excluding hydrogens is 564 g/mol. The first-order chi connectivity index (χ1) is 21.1. The summed E-state index contributed by atoms with van der Waals surface area (Å²) in [7, 11) is 3.53. The summed E-state index contributed by atoms with van der Waals surface area (Å²) in [6.45, 7) is 5.16. The van der Waals surface area contributed by atoms with Gasteiger partial charge in [-0.3, -0.25) is 9.69 Å². The zero-order valence-electron chi connectivity index (χ0n) is 25.4. The van der Waals surface area contributed by atoms with Crippen LogP contribution < -0.4 is 20.1 Å². The van der Waals surface area contributed by atoms with Crippen molar-refractivity contribution in [3.05, 3.63) is 83.4 Å². The number of benzene rings is 3. The molecule has 11 nitrogen and oxygen atoms in total. The fraction of sp³-hybridized carbons (Fsp3) is 0.364. The first kappa shape index (κ1) is 32.3. The number of methoxy groups -OCH3 is 1. The Balaban J connectivity index is 1.53. The number of aromatic carboxylic acids is 1. The minimum Gasteiger partial charge on any atom is -0.497 e. The molecule has 3 amide bonds. The number of fused-ring (bicyclic) bond motifs is 1. The normalized spacial score (nSPS) is 17.4. The van der Waals surface area contributed by atoms with Crippen LogP contribution in [0.25, 0.3) is 0 Å². The van der Waals surface area contributed by atoms with Crippen LogP contribution in [-0.2, 0) is 17.8 Å². The quantitative estimate of drug-likeness (QED) is 0.268. The molecule has 3 atom stereocenters. The second kappa shape index (κ2) is 14.7. The monoisotopic (exact) mass is 604 g/mol. The lowest BCUT2D eigenvalue weighted by atomic mass is 10.0. The Bertz CT molecular complexity index is 1450. The predicted molar refractivity (Wildman–Crippen MR) is 167 cm³/mol. The van der Waals surface area contributed by atoms with Crippen LogP contribution >= 0.6 is 0 Å². The van der Waals surface area contributed by atoms with Crippen LogP contribution in [0.5, 0.6) is 11.5 Å². The summed E-state index contributed by atoms with van der Waals surface area (Å²) in [4.78, 5) is 41.2. The molecule has 11 heteroatoms. The Labute approximate surface area is 257 Å². The van der Waals surface area contributed by atoms with E-state index in [1.165, 1.54) is 0 Å². The Morgan fingerprint density at radius 2 is 1.73 bits per heavy atom. The number of aliphatic hydroxyl groups excluding tert-OH is 1. The van der Waals surface area contributed by atoms with Crippen LogP contribution in [0.2, 0.25) is 0 Å². The Hall–Kier alpha value is -4.61. The van der Waals surface area contributed by atoms with Gasteiger partial charge in [0, 0.05) is 42.5 Å². The lowest BCUT2D eigenvalue weighted by molar-refractivity contribution is -0.134. The van der Waals surface area contributed by atoms with Crippen LogP contribution in [0.3, 0.4) is 0 Å². The van der Waals surface area contributed by atoms with E-state index in [-0.39, 0.29) is 42.6 Å². The van der Waals surface area contributed by atoms with Crippen molar-refractivity contribution in [3.8, 4) is 11.5 Å². The van der Waals surface area contributed by atoms with Crippen molar-refractivity contribution in [2.45, 2.75) is 39.0 Å². The van der Waals surface area contributed by atoms with Crippen LogP contribution in [0, 0.1) is 5.92 Å². The molecule has 0 spiro atoms. The number of nitrogens with one attached hydrogen (secondary N) is 2. The standard InChI is InChI=1S/C33H40N4O7/c1-21-17-37(22(2)20-38)31(39)16-25-15-27(35-33(42)34-26-9-12-28(43-4)13-10-26)11-14-29(25)44-30(21)19-36(3)18-23-5-7-24(8-6-23)32(40)41/h5-15,21-22,30,38H,16-20H2,1-4H3,(H,40,41)(H2,34,35,42)/t21-,22+,30+/m0/s1. The van der Waals surface area contributed by atoms with Gasteiger partial charge >= 0.3 is 12.0 Å². The number of carbonyl (C=O) groups is 3. The smallest absolute Gasteiger partial charge is 0.335 e. The molecule has 234 valence electrons. The maximum absolute atomic E-state index is 13.5. The van der Waals surface area contributed by atoms with Gasteiger partial charge in [0.05, 0.1) is 31.7 Å². The molecule has 4 N–H and O–H groups in total. The number of urea groups is 1. The SMILES string of the molecule is COc1ccc(NC(=O)Nc2ccc3c(c2)CC(=O)N([C@H](C)CO)C[C@H](C)[C@@H](CN(C)Cc2ccc(C(=O)O)cc2)O3)cc1. The van der Waals surface area contributed by atoms with Crippen molar-refractivity contribution in [3.63, 3.8) is 0 Å². The number of rotatable bonds is 10. The van der Waals surface area contributed by atoms with Gasteiger partial charge in [0.1, 0.15) is 17.6 Å². The van der Waals surface area contributed by atoms with Crippen molar-refractivity contribution in [2.24, 2.45) is 5.92 Å². The third kappa shape index (κ3) is 8.48. The number of carbonyl (C=O) groups excluding carboxylic acids is 2. The summed E-state index contributed by atoms with van der Waals surface area (Å²) in [5, 5.41) is 24.7. The number of aliphatic hydroxyl groups is 1. The van der Waals surface area contributed by atoms with Crippen LogP contribution in [0.15, 0.2) is 66.7 Å². The molecule has 0 aromatic heterocycles. The Kier molecular flexibility index (Phi) is 10.8. The molecule has 0 aliphatic carbocycles. The number of anilines is 2. The largest absolute Gasteiger partial charge is 0.497 e. The molecule has 1 aliphatic rings. The summed E-state index contributed by atoms with van der Waals surface area (Å²) < 4.78 is 11.7. The van der Waals surface area contributed by atoms with Crippen molar-refractivity contribution in [1.82, 2.24) is 9.80 Å². The Morgan fingerprint density at radius 1 is 1.07 bits per heavy atom. The number of carboxylic acid groups (broad SMARTS) is 1. The number of likely N-dealkylation sites (N-methyl/N-ethyl adjacent to an activating group) is 1. The van der Waals surface area contributed by atoms with Gasteiger partial charge in [-0.1, -0.05) is 19.1 Å². The molecule has 44 heavy (non-hydrogen) atoms. The summed E-state index contributed by atoms with van der Waals surface area (Å²) in [5.74, 6) is 0.0354. The van der Waals surface area contributed by atoms with Gasteiger partial charge in [0.15, 0.2) is 0 Å². The highest BCUT2D eigenvalue weighted by Gasteiger charge is 2.31. The third-order valence-electron chi connectivity index (χ3n) is 7.67. The topological polar surface area (TPSA) is 141 Å². The van der Waals surface area contributed by atoms with E-state index in [0.29, 0.717) is 48.1 Å². The first-order valence-corrected chi connectivity index (χ1v) is 14.5.